The van der Waals surface area contributed by atoms with Gasteiger partial charge in [-0.2, -0.15) is 8.42 Å². The fourth-order valence-electron chi connectivity index (χ4n) is 3.88. The molecule has 0 aromatic heterocycles. The standard InChI is InChI=1S/C26H22ClN3O6S/c1-3-18-21(27)11-12-22(25(18)37(33,34)35)29-30-23-19-10-5-4-7-15(19)13-20(24(23)31)26(32)28-16-8-6-9-17(14-16)36-2/h4-14,31H,3H2,1-2H3,(H,28,32)(H,33,34,35). The summed E-state index contributed by atoms with van der Waals surface area (Å²) in [5.74, 6) is -0.522. The third kappa shape index (κ3) is 5.41. The first-order valence-electron chi connectivity index (χ1n) is 11.0. The second-order valence-corrected chi connectivity index (χ2v) is 9.70. The highest BCUT2D eigenvalue weighted by Gasteiger charge is 2.23. The maximum Gasteiger partial charge on any atom is 0.297 e. The van der Waals surface area contributed by atoms with Crippen molar-refractivity contribution in [3.63, 3.8) is 0 Å². The molecule has 0 bridgehead atoms. The fraction of sp³-hybridized carbons (Fsp3) is 0.115. The van der Waals surface area contributed by atoms with E-state index < -0.39 is 26.7 Å². The van der Waals surface area contributed by atoms with E-state index >= 15 is 0 Å². The van der Waals surface area contributed by atoms with Gasteiger partial charge < -0.3 is 15.2 Å². The van der Waals surface area contributed by atoms with Crippen molar-refractivity contribution in [2.75, 3.05) is 12.4 Å². The Kier molecular flexibility index (Phi) is 7.44. The van der Waals surface area contributed by atoms with Crippen molar-refractivity contribution in [1.29, 1.82) is 0 Å². The number of hydrogen-bond donors (Lipinski definition) is 3. The van der Waals surface area contributed by atoms with E-state index in [1.54, 1.807) is 55.5 Å². The van der Waals surface area contributed by atoms with Crippen LogP contribution in [0.1, 0.15) is 22.8 Å². The Bertz CT molecular complexity index is 1650. The molecule has 9 nitrogen and oxygen atoms in total. The van der Waals surface area contributed by atoms with E-state index in [0.717, 1.165) is 0 Å². The molecule has 0 aliphatic heterocycles. The summed E-state index contributed by atoms with van der Waals surface area (Å²) in [6.07, 6.45) is 0.214. The molecule has 0 saturated heterocycles. The minimum Gasteiger partial charge on any atom is -0.505 e. The average Bonchev–Trinajstić information content (AvgIpc) is 2.87. The number of nitrogens with zero attached hydrogens (tertiary/aromatic N) is 2. The quantitative estimate of drug-likeness (QED) is 0.177. The van der Waals surface area contributed by atoms with E-state index in [1.165, 1.54) is 25.3 Å². The number of methoxy groups -OCH3 is 1. The van der Waals surface area contributed by atoms with E-state index in [0.29, 0.717) is 22.2 Å². The van der Waals surface area contributed by atoms with Gasteiger partial charge in [0.1, 0.15) is 22.0 Å². The monoisotopic (exact) mass is 539 g/mol. The summed E-state index contributed by atoms with van der Waals surface area (Å²) < 4.78 is 39.2. The van der Waals surface area contributed by atoms with Gasteiger partial charge in [0.05, 0.1) is 12.7 Å². The summed E-state index contributed by atoms with van der Waals surface area (Å²) in [4.78, 5) is 12.6. The van der Waals surface area contributed by atoms with Crippen LogP contribution in [0.2, 0.25) is 5.02 Å². The van der Waals surface area contributed by atoms with E-state index in [4.69, 9.17) is 16.3 Å². The molecular formula is C26H22ClN3O6S. The zero-order valence-electron chi connectivity index (χ0n) is 19.8. The Hall–Kier alpha value is -3.99. The third-order valence-corrected chi connectivity index (χ3v) is 6.94. The maximum absolute atomic E-state index is 13.1. The largest absolute Gasteiger partial charge is 0.505 e. The molecule has 0 radical (unpaired) electrons. The highest BCUT2D eigenvalue weighted by atomic mass is 35.5. The van der Waals surface area contributed by atoms with Crippen molar-refractivity contribution in [1.82, 2.24) is 0 Å². The number of fused-ring (bicyclic) bond motifs is 1. The minimum absolute atomic E-state index is 0.0526. The Labute approximate surface area is 218 Å². The number of hydrogen-bond acceptors (Lipinski definition) is 7. The summed E-state index contributed by atoms with van der Waals surface area (Å²) in [6, 6.07) is 17.9. The molecule has 0 spiro atoms. The van der Waals surface area contributed by atoms with Gasteiger partial charge in [-0.15, -0.1) is 10.2 Å². The first-order chi connectivity index (χ1) is 17.6. The number of anilines is 1. The molecule has 4 aromatic carbocycles. The number of amides is 1. The number of benzene rings is 4. The van der Waals surface area contributed by atoms with Crippen LogP contribution in [0.25, 0.3) is 10.8 Å². The number of halogens is 1. The summed E-state index contributed by atoms with van der Waals surface area (Å²) in [5, 5.41) is 23.1. The number of phenols is 1. The van der Waals surface area contributed by atoms with Crippen LogP contribution in [0.4, 0.5) is 17.1 Å². The molecule has 0 unspecified atom stereocenters. The Morgan fingerprint density at radius 2 is 1.81 bits per heavy atom. The molecule has 0 fully saturated rings. The lowest BCUT2D eigenvalue weighted by molar-refractivity contribution is 0.102. The SMILES string of the molecule is CCc1c(Cl)ccc(N=Nc2c(O)c(C(=O)Nc3cccc(OC)c3)cc3ccccc23)c1S(=O)(=O)O. The molecule has 0 saturated carbocycles. The Balaban J connectivity index is 1.84. The third-order valence-electron chi connectivity index (χ3n) is 5.62. The minimum atomic E-state index is -4.69. The van der Waals surface area contributed by atoms with Crippen LogP contribution in [0, 0.1) is 0 Å². The predicted octanol–water partition coefficient (Wildman–Crippen LogP) is 6.68. The molecule has 37 heavy (non-hydrogen) atoms. The van der Waals surface area contributed by atoms with Gasteiger partial charge in [0, 0.05) is 22.2 Å². The Morgan fingerprint density at radius 1 is 1.05 bits per heavy atom. The molecule has 0 aliphatic carbocycles. The van der Waals surface area contributed by atoms with Gasteiger partial charge in [-0.1, -0.05) is 48.9 Å². The van der Waals surface area contributed by atoms with Gasteiger partial charge in [0.2, 0.25) is 0 Å². The molecule has 0 aliphatic rings. The van der Waals surface area contributed by atoms with Crippen molar-refractivity contribution in [3.8, 4) is 11.5 Å². The summed E-state index contributed by atoms with van der Waals surface area (Å²) >= 11 is 6.13. The van der Waals surface area contributed by atoms with Crippen molar-refractivity contribution < 1.29 is 27.6 Å². The number of phenolic OH excluding ortho intramolecular Hbond substituents is 1. The van der Waals surface area contributed by atoms with Gasteiger partial charge in [-0.25, -0.2) is 0 Å². The van der Waals surface area contributed by atoms with Gasteiger partial charge in [0.15, 0.2) is 5.75 Å². The molecule has 4 rings (SSSR count). The van der Waals surface area contributed by atoms with Gasteiger partial charge in [0.25, 0.3) is 16.0 Å². The van der Waals surface area contributed by atoms with Gasteiger partial charge in [-0.05, 0) is 47.7 Å². The number of nitrogens with one attached hydrogen (secondary N) is 1. The second kappa shape index (κ2) is 10.6. The zero-order valence-corrected chi connectivity index (χ0v) is 21.3. The van der Waals surface area contributed by atoms with Crippen LogP contribution in [0.5, 0.6) is 11.5 Å². The number of ether oxygens (including phenoxy) is 1. The van der Waals surface area contributed by atoms with Crippen LogP contribution in [0.15, 0.2) is 81.9 Å². The number of azo groups is 1. The van der Waals surface area contributed by atoms with Crippen LogP contribution < -0.4 is 10.1 Å². The second-order valence-electron chi connectivity index (χ2n) is 7.93. The molecule has 1 amide bonds. The van der Waals surface area contributed by atoms with Crippen molar-refractivity contribution in [2.24, 2.45) is 10.2 Å². The van der Waals surface area contributed by atoms with Crippen molar-refractivity contribution >= 4 is 55.5 Å². The predicted molar refractivity (Wildman–Crippen MR) is 141 cm³/mol. The molecule has 11 heteroatoms. The molecule has 0 heterocycles. The van der Waals surface area contributed by atoms with Crippen LogP contribution in [-0.2, 0) is 16.5 Å². The number of carbonyl (C=O) groups is 1. The first kappa shape index (κ1) is 26.1. The summed E-state index contributed by atoms with van der Waals surface area (Å²) in [6.45, 7) is 1.68. The van der Waals surface area contributed by atoms with Crippen LogP contribution in [0.3, 0.4) is 0 Å². The van der Waals surface area contributed by atoms with E-state index in [-0.39, 0.29) is 33.9 Å². The number of rotatable bonds is 7. The van der Waals surface area contributed by atoms with Crippen molar-refractivity contribution in [2.45, 2.75) is 18.2 Å². The molecule has 4 aromatic rings. The lowest BCUT2D eigenvalue weighted by Crippen LogP contribution is -2.12. The number of aromatic hydroxyl groups is 1. The van der Waals surface area contributed by atoms with Crippen molar-refractivity contribution in [3.05, 3.63) is 82.9 Å². The lowest BCUT2D eigenvalue weighted by atomic mass is 10.0. The highest BCUT2D eigenvalue weighted by Crippen LogP contribution is 2.41. The maximum atomic E-state index is 13.1. The van der Waals surface area contributed by atoms with Crippen LogP contribution in [-0.4, -0.2) is 31.1 Å². The summed E-state index contributed by atoms with van der Waals surface area (Å²) in [7, 11) is -3.19. The van der Waals surface area contributed by atoms with E-state index in [1.807, 2.05) is 0 Å². The molecule has 0 atom stereocenters. The molecular weight excluding hydrogens is 518 g/mol. The number of carbonyl (C=O) groups excluding carboxylic acids is 1. The fourth-order valence-corrected chi connectivity index (χ4v) is 5.17. The topological polar surface area (TPSA) is 138 Å². The Morgan fingerprint density at radius 3 is 2.51 bits per heavy atom. The zero-order chi connectivity index (χ0) is 26.7. The van der Waals surface area contributed by atoms with E-state index in [9.17, 15) is 22.9 Å². The van der Waals surface area contributed by atoms with Gasteiger partial charge >= 0.3 is 0 Å². The average molecular weight is 540 g/mol. The normalized spacial score (nSPS) is 11.7. The smallest absolute Gasteiger partial charge is 0.297 e. The molecule has 190 valence electrons. The lowest BCUT2D eigenvalue weighted by Gasteiger charge is -2.12. The van der Waals surface area contributed by atoms with E-state index in [2.05, 4.69) is 15.5 Å². The summed E-state index contributed by atoms with van der Waals surface area (Å²) in [5.41, 5.74) is 0.338. The van der Waals surface area contributed by atoms with Gasteiger partial charge in [-0.3, -0.25) is 9.35 Å². The molecule has 3 N–H and O–H groups in total. The van der Waals surface area contributed by atoms with Crippen LogP contribution >= 0.6 is 11.6 Å². The first-order valence-corrected chi connectivity index (χ1v) is 12.9. The highest BCUT2D eigenvalue weighted by molar-refractivity contribution is 7.86.